The zero-order chi connectivity index (χ0) is 19.6. The molecule has 0 bridgehead atoms. The second-order valence-electron chi connectivity index (χ2n) is 5.97. The van der Waals surface area contributed by atoms with E-state index >= 15 is 0 Å². The van der Waals surface area contributed by atoms with Crippen molar-refractivity contribution in [2.24, 2.45) is 5.73 Å². The number of ether oxygens (including phenoxy) is 2. The average molecular weight is 367 g/mol. The van der Waals surface area contributed by atoms with Crippen LogP contribution in [0.3, 0.4) is 0 Å². The number of aryl methyl sites for hydroxylation is 1. The standard InChI is InChI=1S/C20H17NO6/c1-11-4-3-5-16(12(11)2)25-10-18(22)26-14-7-6-13-8-15(19(21)23)20(24)27-17(13)9-14/h3-9H,10H2,1-2H3,(H2,21,23). The first-order valence-electron chi connectivity index (χ1n) is 8.12. The summed E-state index contributed by atoms with van der Waals surface area (Å²) in [6.45, 7) is 3.58. The van der Waals surface area contributed by atoms with Crippen LogP contribution in [0.25, 0.3) is 11.0 Å². The molecule has 0 aliphatic rings. The van der Waals surface area contributed by atoms with E-state index in [0.29, 0.717) is 11.1 Å². The second kappa shape index (κ2) is 7.33. The molecule has 138 valence electrons. The molecule has 2 N–H and O–H groups in total. The molecule has 1 aromatic heterocycles. The van der Waals surface area contributed by atoms with Gasteiger partial charge in [-0.15, -0.1) is 0 Å². The van der Waals surface area contributed by atoms with E-state index in [-0.39, 0.29) is 23.5 Å². The number of nitrogens with two attached hydrogens (primary N) is 1. The van der Waals surface area contributed by atoms with Crippen molar-refractivity contribution < 1.29 is 23.5 Å². The van der Waals surface area contributed by atoms with Crippen molar-refractivity contribution in [1.29, 1.82) is 0 Å². The number of carbonyl (C=O) groups excluding carboxylic acids is 2. The van der Waals surface area contributed by atoms with Crippen LogP contribution < -0.4 is 20.8 Å². The first-order chi connectivity index (χ1) is 12.8. The van der Waals surface area contributed by atoms with Gasteiger partial charge < -0.3 is 19.6 Å². The van der Waals surface area contributed by atoms with E-state index in [1.54, 1.807) is 12.1 Å². The lowest BCUT2D eigenvalue weighted by Gasteiger charge is -2.10. The minimum absolute atomic E-state index is 0.172. The Bertz CT molecular complexity index is 1100. The van der Waals surface area contributed by atoms with Gasteiger partial charge in [-0.1, -0.05) is 12.1 Å². The van der Waals surface area contributed by atoms with Crippen molar-refractivity contribution in [2.75, 3.05) is 6.61 Å². The van der Waals surface area contributed by atoms with E-state index in [1.807, 2.05) is 26.0 Å². The first-order valence-corrected chi connectivity index (χ1v) is 8.12. The molecule has 3 rings (SSSR count). The van der Waals surface area contributed by atoms with E-state index in [0.717, 1.165) is 11.1 Å². The predicted octanol–water partition coefficient (Wildman–Crippen LogP) is 2.49. The maximum absolute atomic E-state index is 12.0. The van der Waals surface area contributed by atoms with Crippen LogP contribution in [-0.4, -0.2) is 18.5 Å². The normalized spacial score (nSPS) is 10.6. The number of rotatable bonds is 5. The van der Waals surface area contributed by atoms with Gasteiger partial charge in [0.1, 0.15) is 22.6 Å². The average Bonchev–Trinajstić information content (AvgIpc) is 2.62. The number of esters is 1. The summed E-state index contributed by atoms with van der Waals surface area (Å²) in [4.78, 5) is 35.0. The Balaban J connectivity index is 1.73. The molecule has 1 heterocycles. The first kappa shape index (κ1) is 18.2. The highest BCUT2D eigenvalue weighted by Crippen LogP contribution is 2.22. The summed E-state index contributed by atoms with van der Waals surface area (Å²) in [6.07, 6.45) is 0. The van der Waals surface area contributed by atoms with Gasteiger partial charge in [0.2, 0.25) is 0 Å². The molecule has 0 fully saturated rings. The van der Waals surface area contributed by atoms with Gasteiger partial charge in [0.25, 0.3) is 5.91 Å². The predicted molar refractivity (Wildman–Crippen MR) is 98.0 cm³/mol. The van der Waals surface area contributed by atoms with E-state index in [4.69, 9.17) is 19.6 Å². The van der Waals surface area contributed by atoms with Crippen molar-refractivity contribution in [3.63, 3.8) is 0 Å². The van der Waals surface area contributed by atoms with Crippen LogP contribution in [0.4, 0.5) is 0 Å². The van der Waals surface area contributed by atoms with Crippen molar-refractivity contribution in [3.05, 3.63) is 69.6 Å². The Morgan fingerprint density at radius 3 is 2.63 bits per heavy atom. The Hall–Kier alpha value is -3.61. The molecule has 0 radical (unpaired) electrons. The summed E-state index contributed by atoms with van der Waals surface area (Å²) in [5.74, 6) is -0.682. The number of amides is 1. The Kier molecular flexibility index (Phi) is 4.94. The number of primary amides is 1. The lowest BCUT2D eigenvalue weighted by molar-refractivity contribution is -0.136. The largest absolute Gasteiger partial charge is 0.482 e. The number of benzene rings is 2. The molecule has 0 atom stereocenters. The molecule has 7 heteroatoms. The zero-order valence-electron chi connectivity index (χ0n) is 14.8. The summed E-state index contributed by atoms with van der Waals surface area (Å²) in [7, 11) is 0. The lowest BCUT2D eigenvalue weighted by atomic mass is 10.1. The summed E-state index contributed by atoms with van der Waals surface area (Å²) in [6, 6.07) is 11.4. The van der Waals surface area contributed by atoms with Crippen molar-refractivity contribution >= 4 is 22.8 Å². The van der Waals surface area contributed by atoms with Crippen molar-refractivity contribution in [2.45, 2.75) is 13.8 Å². The lowest BCUT2D eigenvalue weighted by Crippen LogP contribution is -2.20. The molecule has 2 aromatic carbocycles. The van der Waals surface area contributed by atoms with Gasteiger partial charge in [-0.2, -0.15) is 0 Å². The van der Waals surface area contributed by atoms with Crippen LogP contribution in [0.1, 0.15) is 21.5 Å². The fraction of sp³-hybridized carbons (Fsp3) is 0.150. The summed E-state index contributed by atoms with van der Waals surface area (Å²) in [5, 5.41) is 0.481. The van der Waals surface area contributed by atoms with E-state index < -0.39 is 17.5 Å². The van der Waals surface area contributed by atoms with Gasteiger partial charge >= 0.3 is 11.6 Å². The number of fused-ring (bicyclic) bond motifs is 1. The molecule has 7 nitrogen and oxygen atoms in total. The summed E-state index contributed by atoms with van der Waals surface area (Å²) in [5.41, 5.74) is 6.20. The summed E-state index contributed by atoms with van der Waals surface area (Å²) >= 11 is 0. The highest BCUT2D eigenvalue weighted by molar-refractivity contribution is 5.95. The maximum Gasteiger partial charge on any atom is 0.349 e. The number of carbonyl (C=O) groups is 2. The van der Waals surface area contributed by atoms with Crippen LogP contribution in [0.2, 0.25) is 0 Å². The topological polar surface area (TPSA) is 109 Å². The molecule has 0 aliphatic heterocycles. The van der Waals surface area contributed by atoms with E-state index in [2.05, 4.69) is 0 Å². The SMILES string of the molecule is Cc1cccc(OCC(=O)Oc2ccc3cc(C(N)=O)c(=O)oc3c2)c1C. The molecular formula is C20H17NO6. The van der Waals surface area contributed by atoms with Gasteiger partial charge in [-0.25, -0.2) is 9.59 Å². The highest BCUT2D eigenvalue weighted by Gasteiger charge is 2.13. The molecule has 1 amide bonds. The molecule has 0 saturated heterocycles. The van der Waals surface area contributed by atoms with Crippen LogP contribution in [0.5, 0.6) is 11.5 Å². The van der Waals surface area contributed by atoms with Gasteiger partial charge in [0.05, 0.1) is 0 Å². The van der Waals surface area contributed by atoms with E-state index in [9.17, 15) is 14.4 Å². The molecular weight excluding hydrogens is 350 g/mol. The van der Waals surface area contributed by atoms with Gasteiger partial charge in [-0.3, -0.25) is 4.79 Å². The van der Waals surface area contributed by atoms with Gasteiger partial charge in [0, 0.05) is 11.5 Å². The number of hydrogen-bond acceptors (Lipinski definition) is 6. The monoisotopic (exact) mass is 367 g/mol. The molecule has 3 aromatic rings. The minimum atomic E-state index is -0.871. The third-order valence-electron chi connectivity index (χ3n) is 4.11. The summed E-state index contributed by atoms with van der Waals surface area (Å²) < 4.78 is 15.8. The van der Waals surface area contributed by atoms with E-state index in [1.165, 1.54) is 18.2 Å². The third-order valence-corrected chi connectivity index (χ3v) is 4.11. The fourth-order valence-corrected chi connectivity index (χ4v) is 2.50. The molecule has 0 unspecified atom stereocenters. The zero-order valence-corrected chi connectivity index (χ0v) is 14.8. The van der Waals surface area contributed by atoms with Gasteiger partial charge in [0.15, 0.2) is 6.61 Å². The fourth-order valence-electron chi connectivity index (χ4n) is 2.50. The van der Waals surface area contributed by atoms with Crippen molar-refractivity contribution in [3.8, 4) is 11.5 Å². The van der Waals surface area contributed by atoms with Crippen LogP contribution in [-0.2, 0) is 4.79 Å². The Labute approximate surface area is 154 Å². The molecule has 0 saturated carbocycles. The maximum atomic E-state index is 12.0. The van der Waals surface area contributed by atoms with Crippen molar-refractivity contribution in [1.82, 2.24) is 0 Å². The van der Waals surface area contributed by atoms with Crippen LogP contribution >= 0.6 is 0 Å². The van der Waals surface area contributed by atoms with Gasteiger partial charge in [-0.05, 0) is 49.2 Å². The van der Waals surface area contributed by atoms with Crippen LogP contribution in [0.15, 0.2) is 51.7 Å². The molecule has 0 spiro atoms. The molecule has 27 heavy (non-hydrogen) atoms. The third kappa shape index (κ3) is 3.98. The smallest absolute Gasteiger partial charge is 0.349 e. The quantitative estimate of drug-likeness (QED) is 0.422. The Morgan fingerprint density at radius 2 is 1.89 bits per heavy atom. The molecule has 0 aliphatic carbocycles. The number of hydrogen-bond donors (Lipinski definition) is 1. The second-order valence-corrected chi connectivity index (χ2v) is 5.97. The Morgan fingerprint density at radius 1 is 1.11 bits per heavy atom. The highest BCUT2D eigenvalue weighted by atomic mass is 16.6. The van der Waals surface area contributed by atoms with Crippen LogP contribution in [0, 0.1) is 13.8 Å². The minimum Gasteiger partial charge on any atom is -0.482 e.